The van der Waals surface area contributed by atoms with Gasteiger partial charge >= 0.3 is 5.97 Å². The average Bonchev–Trinajstić information content (AvgIpc) is 2.28. The molecule has 0 unspecified atom stereocenters. The molecule has 0 aromatic heterocycles. The van der Waals surface area contributed by atoms with Gasteiger partial charge in [0, 0.05) is 13.5 Å². The van der Waals surface area contributed by atoms with Gasteiger partial charge in [0.15, 0.2) is 0 Å². The van der Waals surface area contributed by atoms with Crippen molar-refractivity contribution in [1.82, 2.24) is 0 Å². The van der Waals surface area contributed by atoms with Crippen molar-refractivity contribution < 1.29 is 23.1 Å². The summed E-state index contributed by atoms with van der Waals surface area (Å²) in [6.07, 6.45) is 0.627. The van der Waals surface area contributed by atoms with Crippen LogP contribution in [0, 0.1) is 5.41 Å². The maximum absolute atomic E-state index is 14.0. The lowest BCUT2D eigenvalue weighted by atomic mass is 9.56. The van der Waals surface area contributed by atoms with Crippen molar-refractivity contribution in [2.45, 2.75) is 43.6 Å². The van der Waals surface area contributed by atoms with Gasteiger partial charge in [0.25, 0.3) is 5.92 Å². The molecule has 3 saturated carbocycles. The number of hydrogen-bond acceptors (Lipinski definition) is 4. The van der Waals surface area contributed by atoms with Crippen LogP contribution in [0.5, 0.6) is 0 Å². The number of halogens is 2. The molecule has 0 radical (unpaired) electrons. The van der Waals surface area contributed by atoms with Crippen LogP contribution in [0.2, 0.25) is 0 Å². The van der Waals surface area contributed by atoms with E-state index in [9.17, 15) is 13.6 Å². The number of fused-ring (bicyclic) bond motifs is 3. The minimum Gasteiger partial charge on any atom is -0.378 e. The lowest BCUT2D eigenvalue weighted by molar-refractivity contribution is -0.255. The van der Waals surface area contributed by atoms with E-state index in [1.165, 1.54) is 7.11 Å². The SMILES string of the molecule is COC12CCC(C(=O)ON)(CC1)C(F)(F)C2. The van der Waals surface area contributed by atoms with E-state index in [1.54, 1.807) is 0 Å². The second-order valence-corrected chi connectivity index (χ2v) is 4.76. The summed E-state index contributed by atoms with van der Waals surface area (Å²) in [7, 11) is 1.44. The summed E-state index contributed by atoms with van der Waals surface area (Å²) in [5.74, 6) is 0.654. The lowest BCUT2D eigenvalue weighted by Gasteiger charge is -2.54. The van der Waals surface area contributed by atoms with Crippen LogP contribution < -0.4 is 5.90 Å². The average molecular weight is 235 g/mol. The van der Waals surface area contributed by atoms with E-state index in [4.69, 9.17) is 10.6 Å². The molecule has 0 spiro atoms. The van der Waals surface area contributed by atoms with Crippen LogP contribution in [0.25, 0.3) is 0 Å². The molecule has 0 atom stereocenters. The van der Waals surface area contributed by atoms with Crippen molar-refractivity contribution in [1.29, 1.82) is 0 Å². The fraction of sp³-hybridized carbons (Fsp3) is 0.900. The maximum Gasteiger partial charge on any atom is 0.336 e. The number of carbonyl (C=O) groups is 1. The molecule has 4 nitrogen and oxygen atoms in total. The Balaban J connectivity index is 2.34. The van der Waals surface area contributed by atoms with E-state index in [1.807, 2.05) is 0 Å². The predicted octanol–water partition coefficient (Wildman–Crippen LogP) is 1.39. The minimum atomic E-state index is -3.10. The van der Waals surface area contributed by atoms with Gasteiger partial charge in [-0.3, -0.25) is 0 Å². The molecule has 3 fully saturated rings. The number of rotatable bonds is 2. The molecule has 16 heavy (non-hydrogen) atoms. The van der Waals surface area contributed by atoms with Crippen molar-refractivity contribution >= 4 is 5.97 Å². The molecule has 3 aliphatic carbocycles. The summed E-state index contributed by atoms with van der Waals surface area (Å²) >= 11 is 0. The minimum absolute atomic E-state index is 0.0733. The van der Waals surface area contributed by atoms with E-state index in [0.717, 1.165) is 0 Å². The van der Waals surface area contributed by atoms with Gasteiger partial charge in [-0.2, -0.15) is 5.90 Å². The van der Waals surface area contributed by atoms with Gasteiger partial charge in [-0.25, -0.2) is 13.6 Å². The summed E-state index contributed by atoms with van der Waals surface area (Å²) in [6.45, 7) is 0. The van der Waals surface area contributed by atoms with Crippen LogP contribution >= 0.6 is 0 Å². The molecule has 0 aliphatic heterocycles. The Bertz CT molecular complexity index is 311. The van der Waals surface area contributed by atoms with Gasteiger partial charge < -0.3 is 9.57 Å². The third-order valence-corrected chi connectivity index (χ3v) is 4.19. The van der Waals surface area contributed by atoms with Crippen LogP contribution in [0.4, 0.5) is 8.78 Å². The van der Waals surface area contributed by atoms with Crippen LogP contribution in [0.1, 0.15) is 32.1 Å². The number of nitrogens with two attached hydrogens (primary N) is 1. The van der Waals surface area contributed by atoms with Crippen LogP contribution in [-0.2, 0) is 14.4 Å². The highest BCUT2D eigenvalue weighted by atomic mass is 19.3. The first-order valence-corrected chi connectivity index (χ1v) is 5.26. The molecule has 6 heteroatoms. The smallest absolute Gasteiger partial charge is 0.336 e. The monoisotopic (exact) mass is 235 g/mol. The van der Waals surface area contributed by atoms with Crippen LogP contribution in [0.3, 0.4) is 0 Å². The fourth-order valence-electron chi connectivity index (χ4n) is 2.99. The number of carbonyl (C=O) groups excluding carboxylic acids is 1. The summed E-state index contributed by atoms with van der Waals surface area (Å²) in [4.78, 5) is 15.5. The normalized spacial score (nSPS) is 40.8. The van der Waals surface area contributed by atoms with Gasteiger partial charge in [-0.1, -0.05) is 0 Å². The summed E-state index contributed by atoms with van der Waals surface area (Å²) in [5.41, 5.74) is -2.51. The molecule has 0 heterocycles. The number of ether oxygens (including phenoxy) is 1. The Morgan fingerprint density at radius 1 is 1.25 bits per heavy atom. The molecule has 2 bridgehead atoms. The van der Waals surface area contributed by atoms with Crippen LogP contribution in [-0.4, -0.2) is 24.6 Å². The number of hydrogen-bond donors (Lipinski definition) is 1. The fourth-order valence-corrected chi connectivity index (χ4v) is 2.99. The third kappa shape index (κ3) is 1.29. The molecule has 0 amide bonds. The van der Waals surface area contributed by atoms with Crippen molar-refractivity contribution in [3.63, 3.8) is 0 Å². The highest BCUT2D eigenvalue weighted by Gasteiger charge is 2.69. The zero-order chi connectivity index (χ0) is 12.0. The van der Waals surface area contributed by atoms with Gasteiger partial charge in [0.05, 0.1) is 5.60 Å². The third-order valence-electron chi connectivity index (χ3n) is 4.19. The number of alkyl halides is 2. The summed E-state index contributed by atoms with van der Waals surface area (Å²) in [6, 6.07) is 0. The Morgan fingerprint density at radius 3 is 2.19 bits per heavy atom. The molecule has 3 rings (SSSR count). The quantitative estimate of drug-likeness (QED) is 0.735. The first-order chi connectivity index (χ1) is 7.41. The van der Waals surface area contributed by atoms with E-state index in [0.29, 0.717) is 12.8 Å². The van der Waals surface area contributed by atoms with E-state index in [2.05, 4.69) is 4.84 Å². The largest absolute Gasteiger partial charge is 0.378 e. The second-order valence-electron chi connectivity index (χ2n) is 4.76. The van der Waals surface area contributed by atoms with Crippen molar-refractivity contribution in [2.24, 2.45) is 11.3 Å². The van der Waals surface area contributed by atoms with Crippen LogP contribution in [0.15, 0.2) is 0 Å². The Morgan fingerprint density at radius 2 is 1.81 bits per heavy atom. The zero-order valence-electron chi connectivity index (χ0n) is 9.09. The summed E-state index contributed by atoms with van der Waals surface area (Å²) < 4.78 is 33.2. The van der Waals surface area contributed by atoms with Gasteiger partial charge in [0.2, 0.25) is 0 Å². The van der Waals surface area contributed by atoms with Crippen molar-refractivity contribution in [3.8, 4) is 0 Å². The molecular formula is C10H15F2NO3. The molecule has 0 aromatic rings. The van der Waals surface area contributed by atoms with Gasteiger partial charge in [-0.05, 0) is 25.7 Å². The predicted molar refractivity (Wildman–Crippen MR) is 50.5 cm³/mol. The highest BCUT2D eigenvalue weighted by Crippen LogP contribution is 2.61. The molecule has 92 valence electrons. The first-order valence-electron chi connectivity index (χ1n) is 5.26. The second kappa shape index (κ2) is 3.37. The molecule has 0 aromatic carbocycles. The Labute approximate surface area is 92.0 Å². The first kappa shape index (κ1) is 11.7. The molecular weight excluding hydrogens is 220 g/mol. The zero-order valence-corrected chi connectivity index (χ0v) is 9.09. The van der Waals surface area contributed by atoms with E-state index >= 15 is 0 Å². The summed E-state index contributed by atoms with van der Waals surface area (Å²) in [5, 5.41) is 0. The van der Waals surface area contributed by atoms with E-state index < -0.39 is 29.3 Å². The van der Waals surface area contributed by atoms with Gasteiger partial charge in [-0.15, -0.1) is 0 Å². The topological polar surface area (TPSA) is 61.5 Å². The maximum atomic E-state index is 14.0. The molecule has 0 saturated heterocycles. The van der Waals surface area contributed by atoms with Crippen molar-refractivity contribution in [2.75, 3.05) is 7.11 Å². The molecule has 3 aliphatic rings. The number of methoxy groups -OCH3 is 1. The lowest BCUT2D eigenvalue weighted by Crippen LogP contribution is -2.62. The molecule has 2 N–H and O–H groups in total. The highest BCUT2D eigenvalue weighted by molar-refractivity contribution is 5.78. The Hall–Kier alpha value is -0.750. The van der Waals surface area contributed by atoms with E-state index in [-0.39, 0.29) is 12.8 Å². The standard InChI is InChI=1S/C10H15F2NO3/c1-15-8-2-4-9(5-3-8,7(14)16-13)10(11,12)6-8/h2-6,13H2,1H3. The van der Waals surface area contributed by atoms with Crippen molar-refractivity contribution in [3.05, 3.63) is 0 Å². The Kier molecular flexibility index (Phi) is 2.47. The van der Waals surface area contributed by atoms with Gasteiger partial charge in [0.1, 0.15) is 5.41 Å².